The molecule has 1 amide bonds. The summed E-state index contributed by atoms with van der Waals surface area (Å²) < 4.78 is 31.4. The first-order valence-corrected chi connectivity index (χ1v) is 6.22. The normalized spacial score (nSPS) is 10.1. The van der Waals surface area contributed by atoms with E-state index in [-0.39, 0.29) is 22.9 Å². The zero-order valence-electron chi connectivity index (χ0n) is 9.91. The minimum atomic E-state index is -1.06. The van der Waals surface area contributed by atoms with Gasteiger partial charge in [-0.05, 0) is 0 Å². The van der Waals surface area contributed by atoms with Crippen molar-refractivity contribution in [2.24, 2.45) is 0 Å². The fourth-order valence-corrected chi connectivity index (χ4v) is 1.73. The molecule has 1 aromatic rings. The van der Waals surface area contributed by atoms with Crippen molar-refractivity contribution in [3.63, 3.8) is 0 Å². The topological polar surface area (TPSA) is 75.6 Å². The molecule has 0 aromatic heterocycles. The van der Waals surface area contributed by atoms with E-state index in [0.29, 0.717) is 0 Å². The van der Waals surface area contributed by atoms with E-state index in [1.165, 1.54) is 7.11 Å². The first kappa shape index (κ1) is 15.2. The first-order valence-electron chi connectivity index (χ1n) is 5.06. The molecule has 0 atom stereocenters. The van der Waals surface area contributed by atoms with Gasteiger partial charge in [0.25, 0.3) is 0 Å². The third kappa shape index (κ3) is 4.74. The van der Waals surface area contributed by atoms with E-state index in [9.17, 15) is 18.4 Å². The standard InChI is InChI=1S/C11H11F2NO4S/c1-18-9-3-6(12)8(2-7(9)13)14-10(15)4-19-5-11(16)17/h2-3H,4-5H2,1H3,(H,14,15)(H,16,17). The zero-order chi connectivity index (χ0) is 14.4. The monoisotopic (exact) mass is 291 g/mol. The van der Waals surface area contributed by atoms with Crippen LogP contribution in [-0.4, -0.2) is 35.6 Å². The van der Waals surface area contributed by atoms with Crippen LogP contribution in [0.25, 0.3) is 0 Å². The Hall–Kier alpha value is -1.83. The van der Waals surface area contributed by atoms with Gasteiger partial charge in [-0.2, -0.15) is 0 Å². The lowest BCUT2D eigenvalue weighted by atomic mass is 10.2. The van der Waals surface area contributed by atoms with Gasteiger partial charge >= 0.3 is 5.97 Å². The second kappa shape index (κ2) is 6.93. The van der Waals surface area contributed by atoms with Crippen LogP contribution >= 0.6 is 11.8 Å². The molecule has 5 nitrogen and oxygen atoms in total. The van der Waals surface area contributed by atoms with Crippen LogP contribution in [0.3, 0.4) is 0 Å². The number of carboxylic acid groups (broad SMARTS) is 1. The summed E-state index contributed by atoms with van der Waals surface area (Å²) in [5, 5.41) is 10.5. The van der Waals surface area contributed by atoms with Gasteiger partial charge in [0.15, 0.2) is 17.4 Å². The van der Waals surface area contributed by atoms with Crippen LogP contribution < -0.4 is 10.1 Å². The molecule has 0 bridgehead atoms. The molecule has 1 aromatic carbocycles. The largest absolute Gasteiger partial charge is 0.494 e. The van der Waals surface area contributed by atoms with Crippen molar-refractivity contribution in [3.8, 4) is 5.75 Å². The highest BCUT2D eigenvalue weighted by Gasteiger charge is 2.13. The molecule has 104 valence electrons. The third-order valence-electron chi connectivity index (χ3n) is 1.97. The Kier molecular flexibility index (Phi) is 5.56. The third-order valence-corrected chi connectivity index (χ3v) is 2.89. The SMILES string of the molecule is COc1cc(F)c(NC(=O)CSCC(=O)O)cc1F. The molecule has 0 saturated heterocycles. The van der Waals surface area contributed by atoms with E-state index >= 15 is 0 Å². The molecule has 0 fully saturated rings. The van der Waals surface area contributed by atoms with Crippen LogP contribution in [0.1, 0.15) is 0 Å². The number of amides is 1. The number of methoxy groups -OCH3 is 1. The number of carboxylic acids is 1. The Labute approximate surface area is 111 Å². The van der Waals surface area contributed by atoms with E-state index < -0.39 is 23.5 Å². The van der Waals surface area contributed by atoms with Gasteiger partial charge in [0.05, 0.1) is 24.3 Å². The second-order valence-corrected chi connectivity index (χ2v) is 4.39. The molecule has 0 heterocycles. The zero-order valence-corrected chi connectivity index (χ0v) is 10.7. The first-order chi connectivity index (χ1) is 8.93. The van der Waals surface area contributed by atoms with Crippen molar-refractivity contribution in [1.82, 2.24) is 0 Å². The summed E-state index contributed by atoms with van der Waals surface area (Å²) in [7, 11) is 1.19. The predicted octanol–water partition coefficient (Wildman–Crippen LogP) is 1.73. The van der Waals surface area contributed by atoms with Crippen molar-refractivity contribution in [2.75, 3.05) is 23.9 Å². The van der Waals surface area contributed by atoms with Crippen LogP contribution in [0, 0.1) is 11.6 Å². The fraction of sp³-hybridized carbons (Fsp3) is 0.273. The van der Waals surface area contributed by atoms with Gasteiger partial charge in [-0.1, -0.05) is 0 Å². The number of halogens is 2. The smallest absolute Gasteiger partial charge is 0.313 e. The summed E-state index contributed by atoms with van der Waals surface area (Å²) in [6.07, 6.45) is 0. The number of anilines is 1. The minimum absolute atomic E-state index is 0.167. The van der Waals surface area contributed by atoms with Crippen molar-refractivity contribution >= 4 is 29.3 Å². The molecule has 19 heavy (non-hydrogen) atoms. The summed E-state index contributed by atoms with van der Waals surface area (Å²) in [5.41, 5.74) is -0.320. The van der Waals surface area contributed by atoms with E-state index in [1.807, 2.05) is 0 Å². The van der Waals surface area contributed by atoms with Crippen LogP contribution in [0.2, 0.25) is 0 Å². The highest BCUT2D eigenvalue weighted by molar-refractivity contribution is 8.00. The molecule has 0 saturated carbocycles. The van der Waals surface area contributed by atoms with Gasteiger partial charge in [-0.15, -0.1) is 11.8 Å². The van der Waals surface area contributed by atoms with Crippen LogP contribution in [0.4, 0.5) is 14.5 Å². The summed E-state index contributed by atoms with van der Waals surface area (Å²) >= 11 is 0.854. The average Bonchev–Trinajstić information content (AvgIpc) is 2.32. The number of carbonyl (C=O) groups excluding carboxylic acids is 1. The Morgan fingerprint density at radius 2 is 2.00 bits per heavy atom. The summed E-state index contributed by atoms with van der Waals surface area (Å²) in [5.74, 6) is -4.00. The lowest BCUT2D eigenvalue weighted by Gasteiger charge is -2.08. The number of rotatable bonds is 6. The van der Waals surface area contributed by atoms with Gasteiger partial charge in [0, 0.05) is 12.1 Å². The molecule has 0 unspecified atom stereocenters. The van der Waals surface area contributed by atoms with Crippen molar-refractivity contribution in [1.29, 1.82) is 0 Å². The van der Waals surface area contributed by atoms with Crippen molar-refractivity contribution in [3.05, 3.63) is 23.8 Å². The Bertz CT molecular complexity index is 496. The van der Waals surface area contributed by atoms with E-state index in [0.717, 1.165) is 23.9 Å². The molecule has 2 N–H and O–H groups in total. The van der Waals surface area contributed by atoms with Crippen molar-refractivity contribution in [2.45, 2.75) is 0 Å². The second-order valence-electron chi connectivity index (χ2n) is 3.40. The maximum absolute atomic E-state index is 13.5. The lowest BCUT2D eigenvalue weighted by Crippen LogP contribution is -2.16. The van der Waals surface area contributed by atoms with Gasteiger partial charge < -0.3 is 15.2 Å². The molecule has 0 aliphatic carbocycles. The Morgan fingerprint density at radius 3 is 2.58 bits per heavy atom. The van der Waals surface area contributed by atoms with E-state index in [1.54, 1.807) is 0 Å². The molecular weight excluding hydrogens is 280 g/mol. The van der Waals surface area contributed by atoms with Gasteiger partial charge in [-0.25, -0.2) is 8.78 Å². The molecular formula is C11H11F2NO4S. The van der Waals surface area contributed by atoms with Crippen LogP contribution in [0.15, 0.2) is 12.1 Å². The van der Waals surface area contributed by atoms with Gasteiger partial charge in [0.1, 0.15) is 0 Å². The molecule has 0 spiro atoms. The fourth-order valence-electron chi connectivity index (χ4n) is 1.20. The summed E-state index contributed by atoms with van der Waals surface area (Å²) in [6.45, 7) is 0. The van der Waals surface area contributed by atoms with Gasteiger partial charge in [-0.3, -0.25) is 9.59 Å². The maximum Gasteiger partial charge on any atom is 0.313 e. The molecule has 0 aliphatic rings. The summed E-state index contributed by atoms with van der Waals surface area (Å²) in [4.78, 5) is 21.6. The minimum Gasteiger partial charge on any atom is -0.494 e. The summed E-state index contributed by atoms with van der Waals surface area (Å²) in [6, 6.07) is 1.61. The molecule has 0 aliphatic heterocycles. The van der Waals surface area contributed by atoms with E-state index in [2.05, 4.69) is 10.1 Å². The number of thioether (sulfide) groups is 1. The number of ether oxygens (including phenoxy) is 1. The van der Waals surface area contributed by atoms with Crippen molar-refractivity contribution < 1.29 is 28.2 Å². The molecule has 1 rings (SSSR count). The van der Waals surface area contributed by atoms with Gasteiger partial charge in [0.2, 0.25) is 5.91 Å². The molecule has 8 heteroatoms. The number of benzene rings is 1. The lowest BCUT2D eigenvalue weighted by molar-refractivity contribution is -0.133. The quantitative estimate of drug-likeness (QED) is 0.835. The Balaban J connectivity index is 2.64. The van der Waals surface area contributed by atoms with Crippen LogP contribution in [0.5, 0.6) is 5.75 Å². The predicted molar refractivity (Wildman–Crippen MR) is 66.5 cm³/mol. The highest BCUT2D eigenvalue weighted by Crippen LogP contribution is 2.24. The van der Waals surface area contributed by atoms with E-state index in [4.69, 9.17) is 5.11 Å². The number of carbonyl (C=O) groups is 2. The number of nitrogens with one attached hydrogen (secondary N) is 1. The Morgan fingerprint density at radius 1 is 1.32 bits per heavy atom. The average molecular weight is 291 g/mol. The number of aliphatic carboxylic acids is 1. The number of hydrogen-bond acceptors (Lipinski definition) is 4. The maximum atomic E-state index is 13.5. The molecule has 0 radical (unpaired) electrons. The highest BCUT2D eigenvalue weighted by atomic mass is 32.2. The van der Waals surface area contributed by atoms with Crippen LogP contribution in [-0.2, 0) is 9.59 Å². The number of hydrogen-bond donors (Lipinski definition) is 2.